The Labute approximate surface area is 120 Å². The van der Waals surface area contributed by atoms with Crippen LogP contribution in [0.2, 0.25) is 0 Å². The summed E-state index contributed by atoms with van der Waals surface area (Å²) in [7, 11) is 3.30. The van der Waals surface area contributed by atoms with E-state index in [0.717, 1.165) is 22.7 Å². The Morgan fingerprint density at radius 1 is 0.950 bits per heavy atom. The SMILES string of the molecule is COc1cc(C)c(NC(C)c2ccccc2)cc1OC. The van der Waals surface area contributed by atoms with Gasteiger partial charge in [-0.05, 0) is 31.0 Å². The van der Waals surface area contributed by atoms with Gasteiger partial charge >= 0.3 is 0 Å². The maximum atomic E-state index is 5.35. The van der Waals surface area contributed by atoms with Crippen molar-refractivity contribution in [1.82, 2.24) is 0 Å². The summed E-state index contributed by atoms with van der Waals surface area (Å²) in [6, 6.07) is 14.6. The molecule has 0 saturated heterocycles. The van der Waals surface area contributed by atoms with Crippen LogP contribution >= 0.6 is 0 Å². The zero-order valence-electron chi connectivity index (χ0n) is 12.4. The van der Waals surface area contributed by atoms with Crippen LogP contribution in [0.25, 0.3) is 0 Å². The molecule has 0 heterocycles. The number of aryl methyl sites for hydroxylation is 1. The fourth-order valence-electron chi connectivity index (χ4n) is 2.19. The molecule has 0 radical (unpaired) electrons. The van der Waals surface area contributed by atoms with Crippen LogP contribution in [0, 0.1) is 6.92 Å². The standard InChI is InChI=1S/C17H21NO2/c1-12-10-16(19-3)17(20-4)11-15(12)18-13(2)14-8-6-5-7-9-14/h5-11,13,18H,1-4H3. The van der Waals surface area contributed by atoms with Crippen molar-refractivity contribution >= 4 is 5.69 Å². The summed E-state index contributed by atoms with van der Waals surface area (Å²) in [5, 5.41) is 3.52. The summed E-state index contributed by atoms with van der Waals surface area (Å²) in [5.74, 6) is 1.49. The van der Waals surface area contributed by atoms with Gasteiger partial charge in [-0.25, -0.2) is 0 Å². The maximum absolute atomic E-state index is 5.35. The molecule has 3 heteroatoms. The Hall–Kier alpha value is -2.16. The van der Waals surface area contributed by atoms with Crippen molar-refractivity contribution < 1.29 is 9.47 Å². The number of benzene rings is 2. The topological polar surface area (TPSA) is 30.5 Å². The van der Waals surface area contributed by atoms with Gasteiger partial charge in [0, 0.05) is 17.8 Å². The van der Waals surface area contributed by atoms with Gasteiger partial charge in [0.25, 0.3) is 0 Å². The van der Waals surface area contributed by atoms with Crippen LogP contribution in [0.5, 0.6) is 11.5 Å². The zero-order valence-corrected chi connectivity index (χ0v) is 12.4. The van der Waals surface area contributed by atoms with Crippen LogP contribution in [0.1, 0.15) is 24.1 Å². The minimum absolute atomic E-state index is 0.230. The Morgan fingerprint density at radius 2 is 1.55 bits per heavy atom. The van der Waals surface area contributed by atoms with E-state index in [1.54, 1.807) is 14.2 Å². The van der Waals surface area contributed by atoms with Crippen molar-refractivity contribution in [2.24, 2.45) is 0 Å². The average Bonchev–Trinajstić information content (AvgIpc) is 2.49. The van der Waals surface area contributed by atoms with Crippen molar-refractivity contribution in [2.75, 3.05) is 19.5 Å². The highest BCUT2D eigenvalue weighted by Gasteiger charge is 2.11. The molecule has 20 heavy (non-hydrogen) atoms. The van der Waals surface area contributed by atoms with E-state index in [4.69, 9.17) is 9.47 Å². The smallest absolute Gasteiger partial charge is 0.162 e. The molecule has 1 atom stereocenters. The van der Waals surface area contributed by atoms with Gasteiger partial charge in [-0.15, -0.1) is 0 Å². The fourth-order valence-corrected chi connectivity index (χ4v) is 2.19. The van der Waals surface area contributed by atoms with Gasteiger partial charge in [0.15, 0.2) is 11.5 Å². The first-order chi connectivity index (χ1) is 9.65. The van der Waals surface area contributed by atoms with Gasteiger partial charge in [0.2, 0.25) is 0 Å². The third-order valence-electron chi connectivity index (χ3n) is 3.40. The molecule has 0 fully saturated rings. The van der Waals surface area contributed by atoms with Crippen LogP contribution in [0.4, 0.5) is 5.69 Å². The van der Waals surface area contributed by atoms with Crippen LogP contribution < -0.4 is 14.8 Å². The Kier molecular flexibility index (Phi) is 4.51. The van der Waals surface area contributed by atoms with E-state index in [1.807, 2.05) is 18.2 Å². The lowest BCUT2D eigenvalue weighted by Crippen LogP contribution is -2.08. The van der Waals surface area contributed by atoms with Crippen LogP contribution in [-0.4, -0.2) is 14.2 Å². The molecule has 0 aliphatic heterocycles. The molecule has 0 saturated carbocycles. The molecule has 106 valence electrons. The molecule has 0 aliphatic rings. The number of ether oxygens (including phenoxy) is 2. The lowest BCUT2D eigenvalue weighted by atomic mass is 10.1. The molecule has 2 rings (SSSR count). The van der Waals surface area contributed by atoms with Crippen LogP contribution in [0.15, 0.2) is 42.5 Å². The quantitative estimate of drug-likeness (QED) is 0.884. The molecular weight excluding hydrogens is 250 g/mol. The molecule has 3 nitrogen and oxygen atoms in total. The van der Waals surface area contributed by atoms with Gasteiger partial charge in [-0.3, -0.25) is 0 Å². The first-order valence-corrected chi connectivity index (χ1v) is 6.69. The Bertz CT molecular complexity index is 567. The summed E-state index contributed by atoms with van der Waals surface area (Å²) in [6.45, 7) is 4.20. The molecule has 2 aromatic carbocycles. The number of methoxy groups -OCH3 is 2. The second kappa shape index (κ2) is 6.33. The number of hydrogen-bond acceptors (Lipinski definition) is 3. The minimum atomic E-state index is 0.230. The molecule has 1 N–H and O–H groups in total. The van der Waals surface area contributed by atoms with Gasteiger partial charge < -0.3 is 14.8 Å². The lowest BCUT2D eigenvalue weighted by molar-refractivity contribution is 0.355. The second-order valence-corrected chi connectivity index (χ2v) is 4.80. The largest absolute Gasteiger partial charge is 0.493 e. The summed E-state index contributed by atoms with van der Waals surface area (Å²) in [5.41, 5.74) is 3.44. The molecule has 0 aliphatic carbocycles. The highest BCUT2D eigenvalue weighted by Crippen LogP contribution is 2.34. The minimum Gasteiger partial charge on any atom is -0.493 e. The van der Waals surface area contributed by atoms with Gasteiger partial charge in [-0.1, -0.05) is 30.3 Å². The number of hydrogen-bond donors (Lipinski definition) is 1. The van der Waals surface area contributed by atoms with Crippen molar-refractivity contribution in [2.45, 2.75) is 19.9 Å². The molecular formula is C17H21NO2. The summed E-state index contributed by atoms with van der Waals surface area (Å²) in [4.78, 5) is 0. The van der Waals surface area contributed by atoms with E-state index in [2.05, 4.69) is 43.4 Å². The summed E-state index contributed by atoms with van der Waals surface area (Å²) < 4.78 is 10.7. The first-order valence-electron chi connectivity index (χ1n) is 6.69. The number of anilines is 1. The van der Waals surface area contributed by atoms with E-state index in [9.17, 15) is 0 Å². The Balaban J connectivity index is 2.25. The van der Waals surface area contributed by atoms with Gasteiger partial charge in [0.1, 0.15) is 0 Å². The molecule has 1 unspecified atom stereocenters. The summed E-state index contributed by atoms with van der Waals surface area (Å²) in [6.07, 6.45) is 0. The normalized spacial score (nSPS) is 11.8. The van der Waals surface area contributed by atoms with Crippen molar-refractivity contribution in [3.05, 3.63) is 53.6 Å². The summed E-state index contributed by atoms with van der Waals surface area (Å²) >= 11 is 0. The fraction of sp³-hybridized carbons (Fsp3) is 0.294. The van der Waals surface area contributed by atoms with Gasteiger partial charge in [0.05, 0.1) is 14.2 Å². The highest BCUT2D eigenvalue weighted by atomic mass is 16.5. The Morgan fingerprint density at radius 3 is 2.15 bits per heavy atom. The number of rotatable bonds is 5. The van der Waals surface area contributed by atoms with Crippen LogP contribution in [0.3, 0.4) is 0 Å². The average molecular weight is 271 g/mol. The molecule has 0 bridgehead atoms. The second-order valence-electron chi connectivity index (χ2n) is 4.80. The molecule has 0 amide bonds. The third-order valence-corrected chi connectivity index (χ3v) is 3.40. The maximum Gasteiger partial charge on any atom is 0.162 e. The first kappa shape index (κ1) is 14.3. The van der Waals surface area contributed by atoms with E-state index >= 15 is 0 Å². The van der Waals surface area contributed by atoms with Crippen molar-refractivity contribution in [3.63, 3.8) is 0 Å². The predicted octanol–water partition coefficient (Wildman–Crippen LogP) is 4.19. The van der Waals surface area contributed by atoms with E-state index in [0.29, 0.717) is 0 Å². The van der Waals surface area contributed by atoms with Crippen molar-refractivity contribution in [1.29, 1.82) is 0 Å². The lowest BCUT2D eigenvalue weighted by Gasteiger charge is -2.19. The van der Waals surface area contributed by atoms with E-state index < -0.39 is 0 Å². The van der Waals surface area contributed by atoms with E-state index in [1.165, 1.54) is 5.56 Å². The van der Waals surface area contributed by atoms with Gasteiger partial charge in [-0.2, -0.15) is 0 Å². The monoisotopic (exact) mass is 271 g/mol. The highest BCUT2D eigenvalue weighted by molar-refractivity contribution is 5.60. The molecule has 0 spiro atoms. The van der Waals surface area contributed by atoms with Crippen LogP contribution in [-0.2, 0) is 0 Å². The molecule has 2 aromatic rings. The van der Waals surface area contributed by atoms with Crippen molar-refractivity contribution in [3.8, 4) is 11.5 Å². The predicted molar refractivity (Wildman–Crippen MR) is 82.8 cm³/mol. The van der Waals surface area contributed by atoms with E-state index in [-0.39, 0.29) is 6.04 Å². The third kappa shape index (κ3) is 3.05. The molecule has 0 aromatic heterocycles. The zero-order chi connectivity index (χ0) is 14.5. The number of nitrogens with one attached hydrogen (secondary N) is 1.